The Morgan fingerprint density at radius 1 is 0.800 bits per heavy atom. The molecule has 146 valence electrons. The van der Waals surface area contributed by atoms with Crippen LogP contribution in [0.1, 0.15) is 26.3 Å². The Morgan fingerprint density at radius 2 is 1.60 bits per heavy atom. The third kappa shape index (κ3) is 3.21. The molecule has 0 fully saturated rings. The lowest BCUT2D eigenvalue weighted by Gasteiger charge is -2.21. The van der Waals surface area contributed by atoms with E-state index in [1.54, 1.807) is 0 Å². The molecule has 0 unspecified atom stereocenters. The van der Waals surface area contributed by atoms with Gasteiger partial charge in [-0.3, -0.25) is 4.98 Å². The van der Waals surface area contributed by atoms with Crippen LogP contribution in [0.5, 0.6) is 0 Å². The largest absolute Gasteiger partial charge is 0.354 e. The molecule has 0 spiro atoms. The van der Waals surface area contributed by atoms with Crippen LogP contribution in [0.15, 0.2) is 79.0 Å². The molecule has 0 bridgehead atoms. The van der Waals surface area contributed by atoms with Crippen molar-refractivity contribution in [2.75, 3.05) is 0 Å². The number of hydrogen-bond donors (Lipinski definition) is 1. The van der Waals surface area contributed by atoms with E-state index in [0.29, 0.717) is 0 Å². The van der Waals surface area contributed by atoms with Crippen LogP contribution in [-0.2, 0) is 5.41 Å². The zero-order valence-electron chi connectivity index (χ0n) is 18.0. The number of para-hydroxylation sites is 2. The van der Waals surface area contributed by atoms with Gasteiger partial charge >= 0.3 is 0 Å². The third-order valence-corrected chi connectivity index (χ3v) is 5.85. The van der Waals surface area contributed by atoms with E-state index in [2.05, 4.69) is 106 Å². The number of fused-ring (bicyclic) bond motifs is 3. The lowest BCUT2D eigenvalue weighted by molar-refractivity contribution is 0.591. The van der Waals surface area contributed by atoms with Gasteiger partial charge in [0.25, 0.3) is 0 Å². The minimum atomic E-state index is 0.105. The van der Waals surface area contributed by atoms with Crippen LogP contribution in [0.3, 0.4) is 0 Å². The Labute approximate surface area is 178 Å². The van der Waals surface area contributed by atoms with Crippen molar-refractivity contribution in [2.24, 2.45) is 0 Å². The highest BCUT2D eigenvalue weighted by atomic mass is 14.7. The Balaban J connectivity index is 1.68. The van der Waals surface area contributed by atoms with E-state index in [9.17, 15) is 0 Å². The second-order valence-electron chi connectivity index (χ2n) is 9.17. The number of nitrogens with zero attached hydrogens (tertiary/aromatic N) is 1. The van der Waals surface area contributed by atoms with Gasteiger partial charge in [0.15, 0.2) is 0 Å². The number of aromatic nitrogens is 2. The van der Waals surface area contributed by atoms with Gasteiger partial charge in [-0.1, -0.05) is 74.8 Å². The minimum absolute atomic E-state index is 0.105. The van der Waals surface area contributed by atoms with E-state index in [-0.39, 0.29) is 5.41 Å². The van der Waals surface area contributed by atoms with Gasteiger partial charge in [0.2, 0.25) is 0 Å². The van der Waals surface area contributed by atoms with E-state index in [0.717, 1.165) is 5.69 Å². The highest BCUT2D eigenvalue weighted by molar-refractivity contribution is 6.32. The average Bonchev–Trinajstić information content (AvgIpc) is 3.11. The Morgan fingerprint density at radius 3 is 2.43 bits per heavy atom. The molecule has 0 radical (unpaired) electrons. The van der Waals surface area contributed by atoms with Crippen LogP contribution in [0.2, 0.25) is 0 Å². The van der Waals surface area contributed by atoms with Gasteiger partial charge in [-0.25, -0.2) is 0 Å². The maximum atomic E-state index is 4.71. The second kappa shape index (κ2) is 6.88. The first kappa shape index (κ1) is 18.7. The zero-order chi connectivity index (χ0) is 20.9. The average molecular weight is 388 g/mol. The van der Waals surface area contributed by atoms with E-state index < -0.39 is 0 Å². The molecule has 0 aliphatic heterocycles. The fourth-order valence-electron chi connectivity index (χ4n) is 4.23. The fraction of sp³-hybridized carbons (Fsp3) is 0.148. The van der Waals surface area contributed by atoms with Crippen LogP contribution in [0.25, 0.3) is 44.2 Å². The Hall–Kier alpha value is -3.33. The number of H-pyrrole nitrogens is 1. The summed E-state index contributed by atoms with van der Waals surface area (Å²) in [6, 6.07) is 26.1. The van der Waals surface area contributed by atoms with Crippen LogP contribution in [0.4, 0.5) is 0 Å². The molecule has 3 heteroatoms. The minimum Gasteiger partial charge on any atom is -0.354 e. The van der Waals surface area contributed by atoms with Gasteiger partial charge in [-0.15, -0.1) is 0 Å². The maximum absolute atomic E-state index is 4.71. The normalized spacial score (nSPS) is 12.0. The van der Waals surface area contributed by atoms with Crippen LogP contribution >= 0.6 is 0 Å². The first-order valence-electron chi connectivity index (χ1n) is 10.5. The van der Waals surface area contributed by atoms with Crippen molar-refractivity contribution < 1.29 is 0 Å². The number of aromatic amines is 1. The van der Waals surface area contributed by atoms with E-state index in [4.69, 9.17) is 4.98 Å². The Kier molecular flexibility index (Phi) is 4.28. The van der Waals surface area contributed by atoms with Gasteiger partial charge in [0.1, 0.15) is 7.85 Å². The molecule has 0 atom stereocenters. The molecule has 0 amide bonds. The van der Waals surface area contributed by atoms with Crippen molar-refractivity contribution in [3.05, 3.63) is 84.6 Å². The number of pyridine rings is 1. The summed E-state index contributed by atoms with van der Waals surface area (Å²) in [6.45, 7) is 6.77. The molecule has 2 aromatic heterocycles. The quantitative estimate of drug-likeness (QED) is 0.392. The summed E-state index contributed by atoms with van der Waals surface area (Å²) in [5, 5.41) is 2.52. The van der Waals surface area contributed by atoms with Crippen LogP contribution in [0, 0.1) is 0 Å². The van der Waals surface area contributed by atoms with Gasteiger partial charge < -0.3 is 4.98 Å². The molecule has 5 aromatic rings. The monoisotopic (exact) mass is 388 g/mol. The molecular formula is C27H25BN2. The predicted molar refractivity (Wildman–Crippen MR) is 131 cm³/mol. The zero-order valence-corrected chi connectivity index (χ0v) is 18.0. The predicted octanol–water partition coefficient (Wildman–Crippen LogP) is 5.61. The first-order valence-corrected chi connectivity index (χ1v) is 10.5. The first-order chi connectivity index (χ1) is 14.4. The molecule has 0 aliphatic rings. The second-order valence-corrected chi connectivity index (χ2v) is 9.17. The molecular weight excluding hydrogens is 363 g/mol. The highest BCUT2D eigenvalue weighted by Crippen LogP contribution is 2.34. The van der Waals surface area contributed by atoms with Crippen molar-refractivity contribution in [1.82, 2.24) is 9.97 Å². The molecule has 5 rings (SSSR count). The molecule has 0 saturated heterocycles. The number of hydrogen-bond acceptors (Lipinski definition) is 1. The number of benzene rings is 3. The lowest BCUT2D eigenvalue weighted by atomic mass is 9.81. The summed E-state index contributed by atoms with van der Waals surface area (Å²) in [6.07, 6.45) is 1.92. The number of rotatable bonds is 2. The SMILES string of the molecule is Bc1cc(-c2cc(-c3cccc4c3[nH]c3ccccc34)ccn2)cc(C(C)(C)C)c1. The molecule has 30 heavy (non-hydrogen) atoms. The summed E-state index contributed by atoms with van der Waals surface area (Å²) < 4.78 is 0. The van der Waals surface area contributed by atoms with Gasteiger partial charge in [0.05, 0.1) is 11.2 Å². The molecule has 1 N–H and O–H groups in total. The lowest BCUT2D eigenvalue weighted by Crippen LogP contribution is -2.15. The van der Waals surface area contributed by atoms with Gasteiger partial charge in [-0.2, -0.15) is 0 Å². The summed E-state index contributed by atoms with van der Waals surface area (Å²) in [5.41, 5.74) is 9.62. The van der Waals surface area contributed by atoms with Gasteiger partial charge in [-0.05, 0) is 46.4 Å². The summed E-state index contributed by atoms with van der Waals surface area (Å²) in [5.74, 6) is 0. The smallest absolute Gasteiger partial charge is 0.139 e. The molecule has 0 saturated carbocycles. The topological polar surface area (TPSA) is 28.7 Å². The Bertz CT molecular complexity index is 1390. The summed E-state index contributed by atoms with van der Waals surface area (Å²) >= 11 is 0. The van der Waals surface area contributed by atoms with Gasteiger partial charge in [0, 0.05) is 28.0 Å². The molecule has 0 aliphatic carbocycles. The molecule has 2 nitrogen and oxygen atoms in total. The van der Waals surface area contributed by atoms with E-state index in [1.807, 2.05) is 6.20 Å². The molecule has 2 heterocycles. The standard InChI is InChI=1S/C27H25BN2/c1-27(2,3)19-13-18(14-20(28)16-19)25-15-17(11-12-29-25)21-8-6-9-23-22-7-4-5-10-24(22)30-26(21)23/h4-16,30H,28H2,1-3H3. The van der Waals surface area contributed by atoms with Crippen molar-refractivity contribution in [1.29, 1.82) is 0 Å². The third-order valence-electron chi connectivity index (χ3n) is 5.85. The highest BCUT2D eigenvalue weighted by Gasteiger charge is 2.16. The van der Waals surface area contributed by atoms with Crippen LogP contribution < -0.4 is 5.46 Å². The van der Waals surface area contributed by atoms with E-state index >= 15 is 0 Å². The van der Waals surface area contributed by atoms with Crippen molar-refractivity contribution in [3.8, 4) is 22.4 Å². The maximum Gasteiger partial charge on any atom is 0.139 e. The molecule has 3 aromatic carbocycles. The van der Waals surface area contributed by atoms with Crippen molar-refractivity contribution in [2.45, 2.75) is 26.2 Å². The van der Waals surface area contributed by atoms with Crippen molar-refractivity contribution >= 4 is 35.1 Å². The fourth-order valence-corrected chi connectivity index (χ4v) is 4.23. The summed E-state index contributed by atoms with van der Waals surface area (Å²) in [4.78, 5) is 8.33. The van der Waals surface area contributed by atoms with Crippen molar-refractivity contribution in [3.63, 3.8) is 0 Å². The van der Waals surface area contributed by atoms with E-state index in [1.165, 1.54) is 49.5 Å². The summed E-state index contributed by atoms with van der Waals surface area (Å²) in [7, 11) is 2.16. The number of nitrogens with one attached hydrogen (secondary N) is 1. The van der Waals surface area contributed by atoms with Crippen LogP contribution in [-0.4, -0.2) is 17.8 Å².